The van der Waals surface area contributed by atoms with Gasteiger partial charge in [-0.25, -0.2) is 4.39 Å². The SMILES string of the molecule is C=C/C=C(\C=C/CNC(=O)c1c(C)cccc1F)Cc1ccccc1C(F)(F)F. The zero-order valence-corrected chi connectivity index (χ0v) is 15.9. The van der Waals surface area contributed by atoms with Gasteiger partial charge in [-0.15, -0.1) is 0 Å². The number of hydrogen-bond acceptors (Lipinski definition) is 1. The van der Waals surface area contributed by atoms with E-state index in [4.69, 9.17) is 0 Å². The average molecular weight is 403 g/mol. The first-order valence-electron chi connectivity index (χ1n) is 8.90. The molecule has 0 bridgehead atoms. The van der Waals surface area contributed by atoms with Crippen LogP contribution in [0.2, 0.25) is 0 Å². The molecular formula is C23H21F4NO. The van der Waals surface area contributed by atoms with Crippen LogP contribution < -0.4 is 5.32 Å². The number of alkyl halides is 3. The Bertz CT molecular complexity index is 922. The highest BCUT2D eigenvalue weighted by molar-refractivity contribution is 5.95. The predicted molar refractivity (Wildman–Crippen MR) is 106 cm³/mol. The first-order chi connectivity index (χ1) is 13.7. The molecule has 0 unspecified atom stereocenters. The summed E-state index contributed by atoms with van der Waals surface area (Å²) in [5, 5.41) is 2.58. The Kier molecular flexibility index (Phi) is 7.53. The quantitative estimate of drug-likeness (QED) is 0.460. The van der Waals surface area contributed by atoms with Gasteiger partial charge in [-0.1, -0.05) is 61.2 Å². The highest BCUT2D eigenvalue weighted by atomic mass is 19.4. The molecule has 152 valence electrons. The van der Waals surface area contributed by atoms with Crippen LogP contribution in [0.5, 0.6) is 0 Å². The fraction of sp³-hybridized carbons (Fsp3) is 0.174. The van der Waals surface area contributed by atoms with Gasteiger partial charge in [0.2, 0.25) is 0 Å². The summed E-state index contributed by atoms with van der Waals surface area (Å²) in [5.41, 5.74) is 0.535. The van der Waals surface area contributed by atoms with Gasteiger partial charge in [0.25, 0.3) is 5.91 Å². The van der Waals surface area contributed by atoms with Gasteiger partial charge in [0.1, 0.15) is 5.82 Å². The highest BCUT2D eigenvalue weighted by Gasteiger charge is 2.32. The summed E-state index contributed by atoms with van der Waals surface area (Å²) in [6.45, 7) is 5.32. The van der Waals surface area contributed by atoms with Crippen molar-refractivity contribution >= 4 is 5.91 Å². The fourth-order valence-corrected chi connectivity index (χ4v) is 2.87. The first-order valence-corrected chi connectivity index (χ1v) is 8.90. The van der Waals surface area contributed by atoms with E-state index in [9.17, 15) is 22.4 Å². The Morgan fingerprint density at radius 2 is 1.86 bits per heavy atom. The lowest BCUT2D eigenvalue weighted by atomic mass is 9.98. The number of carbonyl (C=O) groups is 1. The number of allylic oxidation sites excluding steroid dienone is 4. The second-order valence-corrected chi connectivity index (χ2v) is 6.35. The maximum absolute atomic E-state index is 13.8. The number of benzene rings is 2. The molecule has 2 aromatic rings. The Morgan fingerprint density at radius 1 is 1.14 bits per heavy atom. The Hall–Kier alpha value is -3.15. The molecule has 0 fully saturated rings. The normalized spacial score (nSPS) is 12.2. The lowest BCUT2D eigenvalue weighted by Gasteiger charge is -2.13. The molecule has 0 saturated carbocycles. The molecular weight excluding hydrogens is 382 g/mol. The second-order valence-electron chi connectivity index (χ2n) is 6.35. The third-order valence-corrected chi connectivity index (χ3v) is 4.21. The molecule has 0 spiro atoms. The molecule has 0 radical (unpaired) electrons. The van der Waals surface area contributed by atoms with E-state index in [1.54, 1.807) is 37.3 Å². The molecule has 0 aliphatic heterocycles. The van der Waals surface area contributed by atoms with Crippen molar-refractivity contribution in [1.29, 1.82) is 0 Å². The second kappa shape index (κ2) is 9.87. The molecule has 0 heterocycles. The summed E-state index contributed by atoms with van der Waals surface area (Å²) in [4.78, 5) is 12.2. The molecule has 2 aromatic carbocycles. The van der Waals surface area contributed by atoms with Gasteiger partial charge in [-0.05, 0) is 42.2 Å². The Labute approximate surface area is 167 Å². The van der Waals surface area contributed by atoms with E-state index in [-0.39, 0.29) is 24.1 Å². The molecule has 2 nitrogen and oxygen atoms in total. The molecule has 0 atom stereocenters. The monoisotopic (exact) mass is 403 g/mol. The zero-order valence-electron chi connectivity index (χ0n) is 15.9. The van der Waals surface area contributed by atoms with E-state index in [1.807, 2.05) is 0 Å². The van der Waals surface area contributed by atoms with Crippen molar-refractivity contribution in [3.05, 3.63) is 107 Å². The fourth-order valence-electron chi connectivity index (χ4n) is 2.87. The average Bonchev–Trinajstić information content (AvgIpc) is 2.65. The molecule has 1 amide bonds. The number of hydrogen-bond donors (Lipinski definition) is 1. The number of aryl methyl sites for hydroxylation is 1. The summed E-state index contributed by atoms with van der Waals surface area (Å²) in [6.07, 6.45) is 1.91. The van der Waals surface area contributed by atoms with Crippen molar-refractivity contribution in [1.82, 2.24) is 5.32 Å². The van der Waals surface area contributed by atoms with Crippen LogP contribution in [0.3, 0.4) is 0 Å². The van der Waals surface area contributed by atoms with E-state index in [1.165, 1.54) is 30.3 Å². The van der Waals surface area contributed by atoms with Crippen LogP contribution in [0.4, 0.5) is 17.6 Å². The van der Waals surface area contributed by atoms with E-state index < -0.39 is 23.5 Å². The number of amides is 1. The molecule has 0 aromatic heterocycles. The lowest BCUT2D eigenvalue weighted by molar-refractivity contribution is -0.138. The predicted octanol–water partition coefficient (Wildman–Crippen LogP) is 5.79. The minimum atomic E-state index is -4.44. The molecule has 0 aliphatic carbocycles. The van der Waals surface area contributed by atoms with Crippen LogP contribution in [0.15, 0.2) is 78.9 Å². The van der Waals surface area contributed by atoms with Crippen LogP contribution in [0.25, 0.3) is 0 Å². The largest absolute Gasteiger partial charge is 0.416 e. The lowest BCUT2D eigenvalue weighted by Crippen LogP contribution is -2.25. The molecule has 29 heavy (non-hydrogen) atoms. The van der Waals surface area contributed by atoms with Gasteiger partial charge in [-0.3, -0.25) is 4.79 Å². The third kappa shape index (κ3) is 6.17. The maximum atomic E-state index is 13.8. The van der Waals surface area contributed by atoms with Crippen molar-refractivity contribution in [2.24, 2.45) is 0 Å². The minimum absolute atomic E-state index is 0.0261. The summed E-state index contributed by atoms with van der Waals surface area (Å²) in [5.74, 6) is -1.16. The van der Waals surface area contributed by atoms with Crippen LogP contribution in [-0.2, 0) is 12.6 Å². The van der Waals surface area contributed by atoms with Crippen LogP contribution in [0, 0.1) is 12.7 Å². The van der Waals surface area contributed by atoms with E-state index in [2.05, 4.69) is 11.9 Å². The molecule has 1 N–H and O–H groups in total. The third-order valence-electron chi connectivity index (χ3n) is 4.21. The van der Waals surface area contributed by atoms with Crippen molar-refractivity contribution in [2.45, 2.75) is 19.5 Å². The number of carbonyl (C=O) groups excluding carboxylic acids is 1. The molecule has 6 heteroatoms. The van der Waals surface area contributed by atoms with Crippen LogP contribution in [0.1, 0.15) is 27.0 Å². The minimum Gasteiger partial charge on any atom is -0.348 e. The van der Waals surface area contributed by atoms with Gasteiger partial charge in [0, 0.05) is 6.54 Å². The van der Waals surface area contributed by atoms with Gasteiger partial charge >= 0.3 is 6.18 Å². The van der Waals surface area contributed by atoms with Gasteiger partial charge in [-0.2, -0.15) is 13.2 Å². The van der Waals surface area contributed by atoms with Crippen molar-refractivity contribution in [3.63, 3.8) is 0 Å². The maximum Gasteiger partial charge on any atom is 0.416 e. The van der Waals surface area contributed by atoms with Crippen LogP contribution in [-0.4, -0.2) is 12.5 Å². The number of nitrogens with one attached hydrogen (secondary N) is 1. The van der Waals surface area contributed by atoms with Gasteiger partial charge in [0.15, 0.2) is 0 Å². The van der Waals surface area contributed by atoms with Crippen molar-refractivity contribution in [2.75, 3.05) is 6.54 Å². The smallest absolute Gasteiger partial charge is 0.348 e. The standard InChI is InChI=1S/C23H21F4NO/c1-3-8-17(15-18-11-4-5-12-19(18)23(25,26)27)10-7-14-28-22(29)21-16(2)9-6-13-20(21)24/h3-13H,1,14-15H2,2H3,(H,28,29)/b10-7-,17-8+. The Morgan fingerprint density at radius 3 is 2.52 bits per heavy atom. The summed E-state index contributed by atoms with van der Waals surface area (Å²) in [6, 6.07) is 9.73. The van der Waals surface area contributed by atoms with E-state index in [0.29, 0.717) is 11.1 Å². The van der Waals surface area contributed by atoms with Gasteiger partial charge in [0.05, 0.1) is 11.1 Å². The Balaban J connectivity index is 2.07. The molecule has 2 rings (SSSR count). The number of rotatable bonds is 7. The highest BCUT2D eigenvalue weighted by Crippen LogP contribution is 2.32. The van der Waals surface area contributed by atoms with E-state index in [0.717, 1.165) is 6.07 Å². The summed E-state index contributed by atoms with van der Waals surface area (Å²) < 4.78 is 53.3. The van der Waals surface area contributed by atoms with E-state index >= 15 is 0 Å². The summed E-state index contributed by atoms with van der Waals surface area (Å²) >= 11 is 0. The van der Waals surface area contributed by atoms with Crippen molar-refractivity contribution in [3.8, 4) is 0 Å². The topological polar surface area (TPSA) is 29.1 Å². The molecule has 0 saturated heterocycles. The van der Waals surface area contributed by atoms with Gasteiger partial charge < -0.3 is 5.32 Å². The number of halogens is 4. The van der Waals surface area contributed by atoms with Crippen LogP contribution >= 0.6 is 0 Å². The molecule has 0 aliphatic rings. The zero-order chi connectivity index (χ0) is 21.4. The van der Waals surface area contributed by atoms with Crippen molar-refractivity contribution < 1.29 is 22.4 Å². The summed E-state index contributed by atoms with van der Waals surface area (Å²) in [7, 11) is 0. The first kappa shape index (κ1) is 22.1.